The molecule has 0 aliphatic carbocycles. The summed E-state index contributed by atoms with van der Waals surface area (Å²) in [5.74, 6) is -0.0569. The summed E-state index contributed by atoms with van der Waals surface area (Å²) in [6, 6.07) is 4.38. The van der Waals surface area contributed by atoms with E-state index in [0.717, 1.165) is 0 Å². The van der Waals surface area contributed by atoms with Gasteiger partial charge in [0.1, 0.15) is 23.8 Å². The zero-order valence-corrected chi connectivity index (χ0v) is 20.3. The maximum Gasteiger partial charge on any atom is 0.409 e. The molecule has 0 spiro atoms. The summed E-state index contributed by atoms with van der Waals surface area (Å²) in [5, 5.41) is 22.6. The van der Waals surface area contributed by atoms with Crippen molar-refractivity contribution in [3.8, 4) is 5.75 Å². The van der Waals surface area contributed by atoms with Gasteiger partial charge < -0.3 is 29.5 Å². The summed E-state index contributed by atoms with van der Waals surface area (Å²) < 4.78 is 24.4. The summed E-state index contributed by atoms with van der Waals surface area (Å²) in [5.41, 5.74) is -1.97. The van der Waals surface area contributed by atoms with Gasteiger partial charge in [-0.1, -0.05) is 0 Å². The number of amides is 2. The van der Waals surface area contributed by atoms with Gasteiger partial charge in [0.05, 0.1) is 18.8 Å². The topological polar surface area (TPSA) is 103 Å². The second-order valence-electron chi connectivity index (χ2n) is 9.49. The van der Waals surface area contributed by atoms with Crippen molar-refractivity contribution in [1.29, 1.82) is 0 Å². The number of β-amino-alcohol motifs (C(OH)–C–C–N with tert-alkyl or cyclic N) is 2. The van der Waals surface area contributed by atoms with Gasteiger partial charge in [0.25, 0.3) is 0 Å². The second kappa shape index (κ2) is 10.9. The number of likely N-dealkylation sites (tertiary alicyclic amines) is 1. The van der Waals surface area contributed by atoms with E-state index in [-0.39, 0.29) is 37.5 Å². The van der Waals surface area contributed by atoms with E-state index in [1.807, 2.05) is 4.90 Å². The molecule has 2 heterocycles. The molecule has 0 saturated carbocycles. The van der Waals surface area contributed by atoms with Crippen molar-refractivity contribution in [2.75, 3.05) is 59.0 Å². The molecule has 10 heteroatoms. The molecule has 3 rings (SSSR count). The van der Waals surface area contributed by atoms with E-state index in [0.29, 0.717) is 63.5 Å². The van der Waals surface area contributed by atoms with Gasteiger partial charge in [0.2, 0.25) is 5.91 Å². The highest BCUT2D eigenvalue weighted by Gasteiger charge is 2.41. The molecule has 1 unspecified atom stereocenters. The Hall–Kier alpha value is -2.43. The molecular formula is C24H36FN3O6. The number of hydrogen-bond acceptors (Lipinski definition) is 7. The van der Waals surface area contributed by atoms with Crippen LogP contribution < -0.4 is 4.74 Å². The largest absolute Gasteiger partial charge is 0.490 e. The van der Waals surface area contributed by atoms with E-state index in [1.165, 1.54) is 19.1 Å². The Balaban J connectivity index is 1.66. The Bertz CT molecular complexity index is 876. The standard InChI is InChI=1S/C24H36FN3O6/c1-4-33-22(30)27-9-7-23(31,8-10-27)14-26-11-12-28(19(3)29)16-24(32,15-26)17-34-20-5-6-21(25)18(2)13-20/h5-6,13,31-32H,4,7-12,14-17H2,1-3H3. The molecule has 2 N–H and O–H groups in total. The van der Waals surface area contributed by atoms with E-state index >= 15 is 0 Å². The number of aryl methyl sites for hydroxylation is 1. The highest BCUT2D eigenvalue weighted by molar-refractivity contribution is 5.73. The molecule has 0 aromatic heterocycles. The van der Waals surface area contributed by atoms with E-state index in [1.54, 1.807) is 29.7 Å². The summed E-state index contributed by atoms with van der Waals surface area (Å²) in [7, 11) is 0. The average Bonchev–Trinajstić information content (AvgIpc) is 2.94. The van der Waals surface area contributed by atoms with Gasteiger partial charge in [-0.15, -0.1) is 0 Å². The number of benzene rings is 1. The molecule has 2 amide bonds. The second-order valence-corrected chi connectivity index (χ2v) is 9.49. The van der Waals surface area contributed by atoms with Crippen LogP contribution in [0.2, 0.25) is 0 Å². The van der Waals surface area contributed by atoms with Crippen LogP contribution in [0.1, 0.15) is 32.3 Å². The number of rotatable bonds is 6. The van der Waals surface area contributed by atoms with Crippen LogP contribution in [-0.4, -0.2) is 107 Å². The number of hydrogen-bond donors (Lipinski definition) is 2. The van der Waals surface area contributed by atoms with Crippen LogP contribution in [-0.2, 0) is 9.53 Å². The SMILES string of the molecule is CCOC(=O)N1CCC(O)(CN2CCN(C(C)=O)CC(O)(COc3ccc(F)c(C)c3)C2)CC1. The van der Waals surface area contributed by atoms with Gasteiger partial charge in [-0.25, -0.2) is 9.18 Å². The first-order chi connectivity index (χ1) is 16.0. The van der Waals surface area contributed by atoms with Crippen molar-refractivity contribution in [1.82, 2.24) is 14.7 Å². The third-order valence-corrected chi connectivity index (χ3v) is 6.51. The minimum atomic E-state index is -1.38. The number of ether oxygens (including phenoxy) is 2. The fourth-order valence-corrected chi connectivity index (χ4v) is 4.56. The lowest BCUT2D eigenvalue weighted by atomic mass is 9.90. The number of carbonyl (C=O) groups is 2. The Kier molecular flexibility index (Phi) is 8.38. The summed E-state index contributed by atoms with van der Waals surface area (Å²) in [6.07, 6.45) is 0.407. The molecule has 1 aromatic carbocycles. The van der Waals surface area contributed by atoms with Crippen molar-refractivity contribution in [3.05, 3.63) is 29.6 Å². The van der Waals surface area contributed by atoms with E-state index in [9.17, 15) is 24.2 Å². The average molecular weight is 482 g/mol. The predicted octanol–water partition coefficient (Wildman–Crippen LogP) is 1.39. The first-order valence-electron chi connectivity index (χ1n) is 11.8. The minimum Gasteiger partial charge on any atom is -0.490 e. The van der Waals surface area contributed by atoms with E-state index < -0.39 is 11.2 Å². The number of nitrogens with zero attached hydrogens (tertiary/aromatic N) is 3. The smallest absolute Gasteiger partial charge is 0.409 e. The zero-order chi connectivity index (χ0) is 24.9. The summed E-state index contributed by atoms with van der Waals surface area (Å²) in [4.78, 5) is 29.2. The number of halogens is 1. The molecule has 2 fully saturated rings. The molecule has 2 aliphatic rings. The molecule has 0 radical (unpaired) electrons. The van der Waals surface area contributed by atoms with Crippen molar-refractivity contribution in [2.45, 2.75) is 44.8 Å². The molecule has 9 nitrogen and oxygen atoms in total. The van der Waals surface area contributed by atoms with Gasteiger partial charge in [0.15, 0.2) is 0 Å². The lowest BCUT2D eigenvalue weighted by Gasteiger charge is -2.41. The van der Waals surface area contributed by atoms with Crippen LogP contribution in [0.5, 0.6) is 5.75 Å². The van der Waals surface area contributed by atoms with Crippen molar-refractivity contribution < 1.29 is 33.7 Å². The van der Waals surface area contributed by atoms with Gasteiger partial charge >= 0.3 is 6.09 Å². The maximum atomic E-state index is 13.6. The van der Waals surface area contributed by atoms with E-state index in [4.69, 9.17) is 9.47 Å². The zero-order valence-electron chi connectivity index (χ0n) is 20.3. The molecule has 190 valence electrons. The van der Waals surface area contributed by atoms with Crippen LogP contribution in [0.3, 0.4) is 0 Å². The normalized spacial score (nSPS) is 23.4. The Morgan fingerprint density at radius 1 is 1.06 bits per heavy atom. The van der Waals surface area contributed by atoms with Crippen LogP contribution in [0.4, 0.5) is 9.18 Å². The molecule has 2 aliphatic heterocycles. The maximum absolute atomic E-state index is 13.6. The third-order valence-electron chi connectivity index (χ3n) is 6.51. The van der Waals surface area contributed by atoms with Crippen LogP contribution in [0, 0.1) is 12.7 Å². The number of carbonyl (C=O) groups excluding carboxylic acids is 2. The van der Waals surface area contributed by atoms with E-state index in [2.05, 4.69) is 0 Å². The quantitative estimate of drug-likeness (QED) is 0.633. The van der Waals surface area contributed by atoms with Gasteiger partial charge in [-0.05, 0) is 50.5 Å². The van der Waals surface area contributed by atoms with Crippen LogP contribution >= 0.6 is 0 Å². The van der Waals surface area contributed by atoms with Gasteiger partial charge in [0, 0.05) is 46.2 Å². The third kappa shape index (κ3) is 6.80. The fraction of sp³-hybridized carbons (Fsp3) is 0.667. The molecule has 2 saturated heterocycles. The highest BCUT2D eigenvalue weighted by atomic mass is 19.1. The molecule has 1 aromatic rings. The molecular weight excluding hydrogens is 445 g/mol. The lowest BCUT2D eigenvalue weighted by molar-refractivity contribution is -0.132. The minimum absolute atomic E-state index is 0.0899. The summed E-state index contributed by atoms with van der Waals surface area (Å²) >= 11 is 0. The Morgan fingerprint density at radius 2 is 1.76 bits per heavy atom. The first-order valence-corrected chi connectivity index (χ1v) is 11.8. The van der Waals surface area contributed by atoms with Gasteiger partial charge in [-0.2, -0.15) is 0 Å². The number of piperidine rings is 1. The van der Waals surface area contributed by atoms with Crippen LogP contribution in [0.25, 0.3) is 0 Å². The number of aliphatic hydroxyl groups is 2. The lowest BCUT2D eigenvalue weighted by Crippen LogP contribution is -2.56. The monoisotopic (exact) mass is 481 g/mol. The summed E-state index contributed by atoms with van der Waals surface area (Å²) in [6.45, 7) is 7.33. The van der Waals surface area contributed by atoms with Gasteiger partial charge in [-0.3, -0.25) is 9.69 Å². The molecule has 1 atom stereocenters. The van der Waals surface area contributed by atoms with Crippen LogP contribution in [0.15, 0.2) is 18.2 Å². The molecule has 0 bridgehead atoms. The predicted molar refractivity (Wildman–Crippen MR) is 123 cm³/mol. The van der Waals surface area contributed by atoms with Crippen molar-refractivity contribution in [2.24, 2.45) is 0 Å². The Morgan fingerprint density at radius 3 is 2.38 bits per heavy atom. The van der Waals surface area contributed by atoms with Crippen molar-refractivity contribution >= 4 is 12.0 Å². The van der Waals surface area contributed by atoms with Crippen molar-refractivity contribution in [3.63, 3.8) is 0 Å². The Labute approximate surface area is 200 Å². The molecule has 34 heavy (non-hydrogen) atoms. The first kappa shape index (κ1) is 26.2. The highest BCUT2D eigenvalue weighted by Crippen LogP contribution is 2.26. The fourth-order valence-electron chi connectivity index (χ4n) is 4.56.